The molecular formula is C13H22N4O2S. The highest BCUT2D eigenvalue weighted by Gasteiger charge is 2.40. The van der Waals surface area contributed by atoms with E-state index in [1.54, 1.807) is 15.1 Å². The lowest BCUT2D eigenvalue weighted by Crippen LogP contribution is -2.42. The van der Waals surface area contributed by atoms with Crippen LogP contribution in [0.3, 0.4) is 0 Å². The summed E-state index contributed by atoms with van der Waals surface area (Å²) in [6.07, 6.45) is 5.74. The number of sulfonamides is 1. The predicted molar refractivity (Wildman–Crippen MR) is 75.9 cm³/mol. The monoisotopic (exact) mass is 298 g/mol. The van der Waals surface area contributed by atoms with E-state index in [1.165, 1.54) is 0 Å². The first-order chi connectivity index (χ1) is 9.48. The smallest absolute Gasteiger partial charge is 0.262 e. The van der Waals surface area contributed by atoms with E-state index in [-0.39, 0.29) is 17.1 Å². The van der Waals surface area contributed by atoms with Crippen LogP contribution in [0.15, 0.2) is 11.2 Å². The van der Waals surface area contributed by atoms with Crippen LogP contribution in [0.25, 0.3) is 0 Å². The summed E-state index contributed by atoms with van der Waals surface area (Å²) in [5.41, 5.74) is 0. The van der Waals surface area contributed by atoms with Gasteiger partial charge in [-0.15, -0.1) is 0 Å². The zero-order chi connectivity index (χ0) is 14.3. The largest absolute Gasteiger partial charge is 0.337 e. The van der Waals surface area contributed by atoms with Crippen molar-refractivity contribution in [3.05, 3.63) is 12.0 Å². The lowest BCUT2D eigenvalue weighted by Gasteiger charge is -2.24. The van der Waals surface area contributed by atoms with Crippen molar-refractivity contribution in [2.45, 2.75) is 49.7 Å². The summed E-state index contributed by atoms with van der Waals surface area (Å²) >= 11 is 0. The number of rotatable bonds is 5. The van der Waals surface area contributed by atoms with Crippen molar-refractivity contribution in [3.63, 3.8) is 0 Å². The van der Waals surface area contributed by atoms with Crippen LogP contribution in [-0.4, -0.2) is 47.4 Å². The fraction of sp³-hybridized carbons (Fsp3) is 0.769. The predicted octanol–water partition coefficient (Wildman–Crippen LogP) is 0.634. The Labute approximate surface area is 120 Å². The fourth-order valence-electron chi connectivity index (χ4n) is 2.71. The average Bonchev–Trinajstić information content (AvgIpc) is 2.98. The Kier molecular flexibility index (Phi) is 3.60. The van der Waals surface area contributed by atoms with Gasteiger partial charge in [0.2, 0.25) is 0 Å². The molecule has 2 heterocycles. The molecule has 20 heavy (non-hydrogen) atoms. The minimum absolute atomic E-state index is 0.171. The summed E-state index contributed by atoms with van der Waals surface area (Å²) in [5.74, 6) is 0.721. The van der Waals surface area contributed by atoms with Crippen molar-refractivity contribution in [2.24, 2.45) is 7.05 Å². The molecule has 1 aliphatic heterocycles. The third-order valence-corrected chi connectivity index (χ3v) is 5.97. The topological polar surface area (TPSA) is 67.2 Å². The maximum absolute atomic E-state index is 12.8. The molecule has 0 radical (unpaired) electrons. The third kappa shape index (κ3) is 2.62. The van der Waals surface area contributed by atoms with Gasteiger partial charge in [-0.1, -0.05) is 0 Å². The second-order valence-electron chi connectivity index (χ2n) is 5.84. The number of hydrogen-bond acceptors (Lipinski definition) is 4. The van der Waals surface area contributed by atoms with Gasteiger partial charge in [-0.05, 0) is 39.2 Å². The Morgan fingerprint density at radius 1 is 1.45 bits per heavy atom. The second kappa shape index (κ2) is 5.13. The fourth-order valence-corrected chi connectivity index (χ4v) is 4.47. The highest BCUT2D eigenvalue weighted by molar-refractivity contribution is 7.89. The van der Waals surface area contributed by atoms with Gasteiger partial charge in [-0.2, -0.15) is 4.31 Å². The van der Waals surface area contributed by atoms with Gasteiger partial charge in [0.05, 0.1) is 0 Å². The van der Waals surface area contributed by atoms with Crippen LogP contribution >= 0.6 is 0 Å². The maximum Gasteiger partial charge on any atom is 0.262 e. The van der Waals surface area contributed by atoms with Crippen LogP contribution in [0.5, 0.6) is 0 Å². The van der Waals surface area contributed by atoms with Crippen molar-refractivity contribution in [1.29, 1.82) is 0 Å². The molecule has 1 aromatic rings. The van der Waals surface area contributed by atoms with E-state index < -0.39 is 10.0 Å². The third-order valence-electron chi connectivity index (χ3n) is 4.18. The van der Waals surface area contributed by atoms with Crippen LogP contribution in [0, 0.1) is 6.92 Å². The van der Waals surface area contributed by atoms with Gasteiger partial charge in [0.1, 0.15) is 5.82 Å². The number of aromatic nitrogens is 2. The molecule has 6 nitrogen and oxygen atoms in total. The Bertz CT molecular complexity index is 566. The number of nitrogens with zero attached hydrogens (tertiary/aromatic N) is 3. The number of nitrogens with one attached hydrogen (secondary N) is 1. The molecule has 0 bridgehead atoms. The van der Waals surface area contributed by atoms with Crippen LogP contribution in [0.1, 0.15) is 31.5 Å². The minimum atomic E-state index is -3.47. The SMILES string of the molecule is Cc1nc(S(=O)(=O)N(CC2CCCN2)C2CC2)cn1C. The normalized spacial score (nSPS) is 23.6. The summed E-state index contributed by atoms with van der Waals surface area (Å²) in [7, 11) is -1.64. The summed E-state index contributed by atoms with van der Waals surface area (Å²) in [4.78, 5) is 4.20. The molecule has 1 atom stereocenters. The van der Waals surface area contributed by atoms with E-state index >= 15 is 0 Å². The first-order valence-electron chi connectivity index (χ1n) is 7.23. The molecule has 1 aliphatic carbocycles. The molecule has 2 aliphatic rings. The maximum atomic E-state index is 12.8. The summed E-state index contributed by atoms with van der Waals surface area (Å²) in [6.45, 7) is 3.38. The highest BCUT2D eigenvalue weighted by atomic mass is 32.2. The zero-order valence-electron chi connectivity index (χ0n) is 12.0. The van der Waals surface area contributed by atoms with E-state index in [1.807, 2.05) is 14.0 Å². The van der Waals surface area contributed by atoms with Gasteiger partial charge >= 0.3 is 0 Å². The van der Waals surface area contributed by atoms with Crippen LogP contribution in [-0.2, 0) is 17.1 Å². The van der Waals surface area contributed by atoms with Gasteiger partial charge in [0.15, 0.2) is 5.03 Å². The van der Waals surface area contributed by atoms with Gasteiger partial charge in [-0.25, -0.2) is 13.4 Å². The van der Waals surface area contributed by atoms with Crippen LogP contribution in [0.4, 0.5) is 0 Å². The van der Waals surface area contributed by atoms with Crippen molar-refractivity contribution < 1.29 is 8.42 Å². The highest BCUT2D eigenvalue weighted by Crippen LogP contribution is 2.32. The van der Waals surface area contributed by atoms with E-state index in [0.29, 0.717) is 6.54 Å². The lowest BCUT2D eigenvalue weighted by atomic mass is 10.2. The van der Waals surface area contributed by atoms with Crippen molar-refractivity contribution in [3.8, 4) is 0 Å². The molecule has 1 saturated heterocycles. The Hall–Kier alpha value is -0.920. The van der Waals surface area contributed by atoms with Crippen molar-refractivity contribution in [1.82, 2.24) is 19.2 Å². The van der Waals surface area contributed by atoms with Gasteiger partial charge < -0.3 is 9.88 Å². The van der Waals surface area contributed by atoms with E-state index in [2.05, 4.69) is 10.3 Å². The minimum Gasteiger partial charge on any atom is -0.337 e. The molecule has 1 unspecified atom stereocenters. The van der Waals surface area contributed by atoms with Crippen molar-refractivity contribution in [2.75, 3.05) is 13.1 Å². The second-order valence-corrected chi connectivity index (χ2v) is 7.67. The molecule has 3 rings (SSSR count). The molecule has 0 spiro atoms. The van der Waals surface area contributed by atoms with E-state index in [9.17, 15) is 8.42 Å². The number of aryl methyl sites for hydroxylation is 2. The number of imidazole rings is 1. The zero-order valence-corrected chi connectivity index (χ0v) is 12.9. The Morgan fingerprint density at radius 3 is 2.70 bits per heavy atom. The molecule has 1 saturated carbocycles. The van der Waals surface area contributed by atoms with E-state index in [0.717, 1.165) is 38.1 Å². The van der Waals surface area contributed by atoms with E-state index in [4.69, 9.17) is 0 Å². The average molecular weight is 298 g/mol. The summed E-state index contributed by atoms with van der Waals surface area (Å²) in [6, 6.07) is 0.458. The lowest BCUT2D eigenvalue weighted by molar-refractivity contribution is 0.361. The molecule has 1 aromatic heterocycles. The van der Waals surface area contributed by atoms with Crippen LogP contribution < -0.4 is 5.32 Å². The summed E-state index contributed by atoms with van der Waals surface area (Å²) in [5, 5.41) is 3.56. The quantitative estimate of drug-likeness (QED) is 0.866. The first kappa shape index (κ1) is 14.0. The number of hydrogen-bond donors (Lipinski definition) is 1. The van der Waals surface area contributed by atoms with Crippen LogP contribution in [0.2, 0.25) is 0 Å². The molecule has 112 valence electrons. The molecule has 1 N–H and O–H groups in total. The van der Waals surface area contributed by atoms with Crippen molar-refractivity contribution >= 4 is 10.0 Å². The molecule has 2 fully saturated rings. The molecular weight excluding hydrogens is 276 g/mol. The van der Waals surface area contributed by atoms with Gasteiger partial charge in [-0.3, -0.25) is 0 Å². The van der Waals surface area contributed by atoms with Gasteiger partial charge in [0, 0.05) is 31.9 Å². The molecule has 0 amide bonds. The first-order valence-corrected chi connectivity index (χ1v) is 8.67. The van der Waals surface area contributed by atoms with Gasteiger partial charge in [0.25, 0.3) is 10.0 Å². The molecule has 7 heteroatoms. The Morgan fingerprint density at radius 2 is 2.20 bits per heavy atom. The Balaban J connectivity index is 1.85. The molecule has 0 aromatic carbocycles. The standard InChI is InChI=1S/C13H22N4O2S/c1-10-15-13(9-16(10)2)20(18,19)17(12-5-6-12)8-11-4-3-7-14-11/h9,11-12,14H,3-8H2,1-2H3. The summed E-state index contributed by atoms with van der Waals surface area (Å²) < 4.78 is 29.0.